The number of likely N-dealkylation sites (tertiary alicyclic amines) is 1. The summed E-state index contributed by atoms with van der Waals surface area (Å²) in [6, 6.07) is 0. The number of aromatic nitrogens is 1. The average molecular weight is 298 g/mol. The van der Waals surface area contributed by atoms with Crippen LogP contribution in [-0.2, 0) is 17.8 Å². The van der Waals surface area contributed by atoms with E-state index in [0.29, 0.717) is 10.6 Å². The second-order valence-corrected chi connectivity index (χ2v) is 6.48. The van der Waals surface area contributed by atoms with Crippen molar-refractivity contribution in [2.45, 2.75) is 32.8 Å². The van der Waals surface area contributed by atoms with Crippen LogP contribution in [0.5, 0.6) is 0 Å². The summed E-state index contributed by atoms with van der Waals surface area (Å²) in [5, 5.41) is 10.1. The number of nitrogens with zero attached hydrogens (tertiary/aromatic N) is 2. The smallest absolute Gasteiger partial charge is 0.347 e. The molecule has 1 fully saturated rings. The fraction of sp³-hybridized carbons (Fsp3) is 0.714. The Balaban J connectivity index is 1.92. The Labute approximate surface area is 123 Å². The largest absolute Gasteiger partial charge is 0.477 e. The summed E-state index contributed by atoms with van der Waals surface area (Å²) in [5.74, 6) is -0.0781. The molecule has 0 bridgehead atoms. The molecule has 0 amide bonds. The van der Waals surface area contributed by atoms with Gasteiger partial charge in [0.15, 0.2) is 0 Å². The molecule has 0 saturated carbocycles. The van der Waals surface area contributed by atoms with E-state index < -0.39 is 5.97 Å². The van der Waals surface area contributed by atoms with Gasteiger partial charge >= 0.3 is 5.97 Å². The monoisotopic (exact) mass is 298 g/mol. The highest BCUT2D eigenvalue weighted by molar-refractivity contribution is 7.13. The van der Waals surface area contributed by atoms with Crippen molar-refractivity contribution in [3.63, 3.8) is 0 Å². The van der Waals surface area contributed by atoms with E-state index in [2.05, 4.69) is 16.8 Å². The van der Waals surface area contributed by atoms with Crippen LogP contribution in [0.2, 0.25) is 0 Å². The van der Waals surface area contributed by atoms with E-state index in [1.807, 2.05) is 0 Å². The SMILES string of the molecule is COCc1nc(CCN2CCC(C)CC2)sc1C(=O)O. The lowest BCUT2D eigenvalue weighted by molar-refractivity contribution is 0.0697. The third kappa shape index (κ3) is 4.01. The summed E-state index contributed by atoms with van der Waals surface area (Å²) >= 11 is 1.28. The third-order valence-corrected chi connectivity index (χ3v) is 4.88. The van der Waals surface area contributed by atoms with Crippen molar-refractivity contribution < 1.29 is 14.6 Å². The number of aromatic carboxylic acids is 1. The quantitative estimate of drug-likeness (QED) is 0.873. The third-order valence-electron chi connectivity index (χ3n) is 3.74. The van der Waals surface area contributed by atoms with Gasteiger partial charge in [0.1, 0.15) is 4.88 Å². The highest BCUT2D eigenvalue weighted by Crippen LogP contribution is 2.21. The summed E-state index contributed by atoms with van der Waals surface area (Å²) in [4.78, 5) is 18.3. The van der Waals surface area contributed by atoms with Crippen molar-refractivity contribution in [1.82, 2.24) is 9.88 Å². The van der Waals surface area contributed by atoms with E-state index in [9.17, 15) is 4.79 Å². The van der Waals surface area contributed by atoms with Crippen LogP contribution < -0.4 is 0 Å². The molecule has 0 aromatic carbocycles. The molecule has 1 aromatic heterocycles. The number of hydrogen-bond donors (Lipinski definition) is 1. The first-order valence-electron chi connectivity index (χ1n) is 7.03. The van der Waals surface area contributed by atoms with E-state index in [-0.39, 0.29) is 6.61 Å². The molecule has 112 valence electrons. The number of ether oxygens (including phenoxy) is 1. The fourth-order valence-electron chi connectivity index (χ4n) is 2.45. The Morgan fingerprint density at radius 2 is 2.20 bits per heavy atom. The Morgan fingerprint density at radius 3 is 2.80 bits per heavy atom. The first-order valence-corrected chi connectivity index (χ1v) is 7.85. The van der Waals surface area contributed by atoms with Crippen molar-refractivity contribution in [3.8, 4) is 0 Å². The average Bonchev–Trinajstić information content (AvgIpc) is 2.82. The van der Waals surface area contributed by atoms with Crippen LogP contribution in [0.3, 0.4) is 0 Å². The second kappa shape index (κ2) is 7.15. The Bertz CT molecular complexity index is 453. The number of carboxylic acids is 1. The summed E-state index contributed by atoms with van der Waals surface area (Å²) in [7, 11) is 1.56. The molecule has 0 aliphatic carbocycles. The number of methoxy groups -OCH3 is 1. The predicted octanol–water partition coefficient (Wildman–Crippen LogP) is 2.26. The lowest BCUT2D eigenvalue weighted by Gasteiger charge is -2.29. The van der Waals surface area contributed by atoms with Crippen LogP contribution in [0.1, 0.15) is 40.1 Å². The molecule has 20 heavy (non-hydrogen) atoms. The van der Waals surface area contributed by atoms with E-state index in [4.69, 9.17) is 9.84 Å². The zero-order valence-corrected chi connectivity index (χ0v) is 12.9. The maximum Gasteiger partial charge on any atom is 0.347 e. The molecule has 2 rings (SSSR count). The van der Waals surface area contributed by atoms with Gasteiger partial charge in [0.05, 0.1) is 17.3 Å². The molecule has 1 N–H and O–H groups in total. The minimum atomic E-state index is -0.910. The summed E-state index contributed by atoms with van der Waals surface area (Å²) in [6.45, 7) is 5.81. The molecule has 0 spiro atoms. The molecule has 0 unspecified atom stereocenters. The second-order valence-electron chi connectivity index (χ2n) is 5.40. The van der Waals surface area contributed by atoms with E-state index in [1.54, 1.807) is 7.11 Å². The van der Waals surface area contributed by atoms with Gasteiger partial charge in [-0.25, -0.2) is 9.78 Å². The van der Waals surface area contributed by atoms with Crippen LogP contribution in [0.4, 0.5) is 0 Å². The maximum absolute atomic E-state index is 11.2. The molecular weight excluding hydrogens is 276 g/mol. The molecule has 1 aliphatic heterocycles. The van der Waals surface area contributed by atoms with Crippen molar-refractivity contribution in [2.24, 2.45) is 5.92 Å². The van der Waals surface area contributed by atoms with Gasteiger partial charge in [-0.2, -0.15) is 0 Å². The first-order chi connectivity index (χ1) is 9.60. The summed E-state index contributed by atoms with van der Waals surface area (Å²) in [5.41, 5.74) is 0.548. The zero-order valence-electron chi connectivity index (χ0n) is 12.1. The molecule has 1 saturated heterocycles. The van der Waals surface area contributed by atoms with E-state index >= 15 is 0 Å². The molecule has 2 heterocycles. The van der Waals surface area contributed by atoms with Gasteiger partial charge in [-0.15, -0.1) is 11.3 Å². The van der Waals surface area contributed by atoms with Crippen LogP contribution in [0, 0.1) is 5.92 Å². The highest BCUT2D eigenvalue weighted by Gasteiger charge is 2.19. The predicted molar refractivity (Wildman–Crippen MR) is 78.3 cm³/mol. The topological polar surface area (TPSA) is 62.7 Å². The Morgan fingerprint density at radius 1 is 1.50 bits per heavy atom. The van der Waals surface area contributed by atoms with Crippen molar-refractivity contribution in [2.75, 3.05) is 26.7 Å². The number of thiazole rings is 1. The summed E-state index contributed by atoms with van der Waals surface area (Å²) in [6.07, 6.45) is 3.34. The minimum absolute atomic E-state index is 0.263. The van der Waals surface area contributed by atoms with Gasteiger partial charge in [-0.3, -0.25) is 0 Å². The first kappa shape index (κ1) is 15.4. The van der Waals surface area contributed by atoms with Crippen molar-refractivity contribution in [3.05, 3.63) is 15.6 Å². The van der Waals surface area contributed by atoms with Crippen molar-refractivity contribution in [1.29, 1.82) is 0 Å². The highest BCUT2D eigenvalue weighted by atomic mass is 32.1. The Hall–Kier alpha value is -0.980. The van der Waals surface area contributed by atoms with Crippen LogP contribution in [0.15, 0.2) is 0 Å². The standard InChI is InChI=1S/C14H22N2O3S/c1-10-3-6-16(7-4-10)8-5-12-15-11(9-19-2)13(20-12)14(17)18/h10H,3-9H2,1-2H3,(H,17,18). The molecule has 0 radical (unpaired) electrons. The van der Waals surface area contributed by atoms with E-state index in [0.717, 1.165) is 37.0 Å². The normalized spacial score (nSPS) is 17.5. The molecule has 6 heteroatoms. The van der Waals surface area contributed by atoms with Gasteiger partial charge < -0.3 is 14.7 Å². The number of carboxylic acid groups (broad SMARTS) is 1. The maximum atomic E-state index is 11.2. The molecule has 1 aliphatic rings. The van der Waals surface area contributed by atoms with Gasteiger partial charge in [-0.05, 0) is 31.8 Å². The molecule has 1 aromatic rings. The fourth-order valence-corrected chi connectivity index (χ4v) is 3.34. The van der Waals surface area contributed by atoms with Gasteiger partial charge in [0, 0.05) is 20.1 Å². The summed E-state index contributed by atoms with van der Waals surface area (Å²) < 4.78 is 5.01. The molecule has 5 nitrogen and oxygen atoms in total. The van der Waals surface area contributed by atoms with Crippen LogP contribution >= 0.6 is 11.3 Å². The van der Waals surface area contributed by atoms with Gasteiger partial charge in [0.25, 0.3) is 0 Å². The lowest BCUT2D eigenvalue weighted by Crippen LogP contribution is -2.34. The number of hydrogen-bond acceptors (Lipinski definition) is 5. The van der Waals surface area contributed by atoms with Gasteiger partial charge in [0.2, 0.25) is 0 Å². The minimum Gasteiger partial charge on any atom is -0.477 e. The van der Waals surface area contributed by atoms with Crippen LogP contribution in [0.25, 0.3) is 0 Å². The number of rotatable bonds is 6. The number of piperidine rings is 1. The number of carbonyl (C=O) groups is 1. The molecular formula is C14H22N2O3S. The van der Waals surface area contributed by atoms with Gasteiger partial charge in [-0.1, -0.05) is 6.92 Å². The zero-order chi connectivity index (χ0) is 14.5. The Kier molecular flexibility index (Phi) is 5.51. The lowest BCUT2D eigenvalue weighted by atomic mass is 9.99. The van der Waals surface area contributed by atoms with E-state index in [1.165, 1.54) is 24.2 Å². The van der Waals surface area contributed by atoms with Crippen LogP contribution in [-0.4, -0.2) is 47.7 Å². The van der Waals surface area contributed by atoms with Crippen molar-refractivity contribution >= 4 is 17.3 Å². The molecule has 0 atom stereocenters.